The topological polar surface area (TPSA) is 271 Å². The summed E-state index contributed by atoms with van der Waals surface area (Å²) in [4.78, 5) is 0. The minimum atomic E-state index is 0.0705. The molecule has 12 nitrogen and oxygen atoms in total. The Labute approximate surface area is 761 Å². The Bertz CT molecular complexity index is 4850. The van der Waals surface area contributed by atoms with Gasteiger partial charge >= 0.3 is 0 Å². The maximum Gasteiger partial charge on any atom is 0.115 e. The molecule has 8 aromatic carbocycles. The number of hydrogen-bond donors (Lipinski definition) is 4. The van der Waals surface area contributed by atoms with Gasteiger partial charge in [-0.15, -0.1) is 0 Å². The fourth-order valence-electron chi connectivity index (χ4n) is 27.9. The van der Waals surface area contributed by atoms with Crippen LogP contribution in [-0.2, 0) is 94.7 Å². The summed E-state index contributed by atoms with van der Waals surface area (Å²) in [6, 6.07) is 69.8. The number of nitriles is 8. The first-order valence-corrected chi connectivity index (χ1v) is 49.0. The minimum Gasteiger partial charge on any atom is -0.508 e. The van der Waals surface area contributed by atoms with Crippen molar-refractivity contribution in [3.8, 4) is 71.6 Å². The van der Waals surface area contributed by atoms with Crippen molar-refractivity contribution in [2.45, 2.75) is 328 Å². The van der Waals surface area contributed by atoms with Crippen LogP contribution in [0.2, 0.25) is 0 Å². The van der Waals surface area contributed by atoms with E-state index >= 15 is 0 Å². The standard InChI is InChI=1S/4C15H17N.4C14H15NO/c4*1-11-4-5-12-3-2-7-15(14(12)9-11)8-6-13(15)10-16;4*15-9-11-5-7-14(11)6-1-2-10-3-4-12(16)8-13(10)14/h4*4-5,9,13H,2-3,6-8H2,1H3;4*3-4,8,11,16H,1-2,5-7H2/t2*13-,15+;2*13-,15-;2*11-,14+;2*11-,14-/m10101010/s1. The Kier molecular flexibility index (Phi) is 25.3. The van der Waals surface area contributed by atoms with Gasteiger partial charge in [0.15, 0.2) is 0 Å². The molecule has 0 unspecified atom stereocenters. The third-order valence-electron chi connectivity index (χ3n) is 35.9. The van der Waals surface area contributed by atoms with E-state index in [4.69, 9.17) is 0 Å². The molecule has 4 N–H and O–H groups in total. The van der Waals surface area contributed by atoms with Gasteiger partial charge in [0, 0.05) is 43.3 Å². The predicted molar refractivity (Wildman–Crippen MR) is 501 cm³/mol. The average Bonchev–Trinajstić information content (AvgIpc) is 0.778. The highest BCUT2D eigenvalue weighted by Gasteiger charge is 2.57. The number of hydrogen-bond acceptors (Lipinski definition) is 12. The van der Waals surface area contributed by atoms with E-state index in [0.717, 1.165) is 128 Å². The maximum absolute atomic E-state index is 9.62. The lowest BCUT2D eigenvalue weighted by atomic mass is 9.52. The number of aromatic hydroxyl groups is 4. The summed E-state index contributed by atoms with van der Waals surface area (Å²) >= 11 is 0. The van der Waals surface area contributed by atoms with Crippen LogP contribution in [0.25, 0.3) is 0 Å². The van der Waals surface area contributed by atoms with Crippen molar-refractivity contribution in [2.75, 3.05) is 0 Å². The Hall–Kier alpha value is -11.1. The highest BCUT2D eigenvalue weighted by atomic mass is 16.3. The molecule has 0 heterocycles. The van der Waals surface area contributed by atoms with E-state index in [9.17, 15) is 62.5 Å². The van der Waals surface area contributed by atoms with E-state index in [2.05, 4.69) is 149 Å². The first-order valence-electron chi connectivity index (χ1n) is 49.0. The lowest BCUT2D eigenvalue weighted by Gasteiger charge is -2.50. The predicted octanol–water partition coefficient (Wildman–Crippen LogP) is 25.6. The molecule has 0 aliphatic heterocycles. The Morgan fingerprint density at radius 1 is 0.195 bits per heavy atom. The van der Waals surface area contributed by atoms with E-state index in [0.29, 0.717) is 23.0 Å². The summed E-state index contributed by atoms with van der Waals surface area (Å²) in [5.74, 6) is 3.08. The van der Waals surface area contributed by atoms with Crippen molar-refractivity contribution < 1.29 is 20.4 Å². The van der Waals surface area contributed by atoms with Crippen LogP contribution in [0.1, 0.15) is 317 Å². The lowest BCUT2D eigenvalue weighted by Crippen LogP contribution is -2.46. The molecule has 656 valence electrons. The quantitative estimate of drug-likeness (QED) is 0.110. The van der Waals surface area contributed by atoms with Gasteiger partial charge in [-0.2, -0.15) is 42.1 Å². The molecule has 8 aromatic rings. The maximum atomic E-state index is 9.62. The number of phenolic OH excluding ortho intramolecular Hbond substituents is 4. The van der Waals surface area contributed by atoms with Gasteiger partial charge in [-0.25, -0.2) is 0 Å². The molecular weight excluding hydrogens is 1570 g/mol. The monoisotopic (exact) mass is 1700 g/mol. The zero-order valence-electron chi connectivity index (χ0n) is 76.1. The summed E-state index contributed by atoms with van der Waals surface area (Å²) in [5, 5.41) is 112. The van der Waals surface area contributed by atoms with Crippen LogP contribution in [0.15, 0.2) is 146 Å². The number of fused-ring (bicyclic) bond motifs is 16. The molecular formula is C116H128N8O4. The fraction of sp³-hybridized carbons (Fsp3) is 0.517. The molecule has 128 heavy (non-hydrogen) atoms. The smallest absolute Gasteiger partial charge is 0.115 e. The second kappa shape index (κ2) is 36.4. The molecule has 0 bridgehead atoms. The van der Waals surface area contributed by atoms with Gasteiger partial charge in [-0.05, 0) is 422 Å². The molecule has 8 fully saturated rings. The largest absolute Gasteiger partial charge is 0.508 e. The van der Waals surface area contributed by atoms with Gasteiger partial charge < -0.3 is 20.4 Å². The molecule has 8 spiro atoms. The molecule has 16 atom stereocenters. The number of nitrogens with zero attached hydrogens (tertiary/aromatic N) is 8. The Morgan fingerprint density at radius 2 is 0.328 bits per heavy atom. The Morgan fingerprint density at radius 3 is 0.453 bits per heavy atom. The van der Waals surface area contributed by atoms with E-state index in [1.54, 1.807) is 24.3 Å². The first-order chi connectivity index (χ1) is 62.1. The third kappa shape index (κ3) is 15.6. The molecule has 8 saturated carbocycles. The highest BCUT2D eigenvalue weighted by Crippen LogP contribution is 2.63. The van der Waals surface area contributed by atoms with Gasteiger partial charge in [0.1, 0.15) is 23.0 Å². The summed E-state index contributed by atoms with van der Waals surface area (Å²) in [5.41, 5.74) is 28.9. The van der Waals surface area contributed by atoms with Crippen LogP contribution in [-0.4, -0.2) is 20.4 Å². The van der Waals surface area contributed by atoms with E-state index in [-0.39, 0.29) is 90.7 Å². The summed E-state index contributed by atoms with van der Waals surface area (Å²) in [6.07, 6.45) is 46.1. The molecule has 0 radical (unpaired) electrons. The zero-order chi connectivity index (χ0) is 89.4. The second-order valence-corrected chi connectivity index (χ2v) is 41.8. The highest BCUT2D eigenvalue weighted by molar-refractivity contribution is 5.53. The SMILES string of the molecule is Cc1ccc2c(c1)[C@@]1(CCC2)CC[C@@H]1C#N.Cc1ccc2c(c1)[C@@]1(CCC2)CC[C@H]1C#N.Cc1ccc2c(c1)[C@]1(CCC2)CC[C@@H]1C#N.Cc1ccc2c(c1)[C@]1(CCC2)CC[C@H]1C#N.N#C[C@@H]1CC[C@@]12CCCc1ccc(O)cc12.N#C[C@@H]1CC[C@]12CCCc1ccc(O)cc12.N#C[C@H]1CC[C@@]12CCCc1ccc(O)cc12.N#C[C@H]1CC[C@]12CCCc1ccc(O)cc12. The van der Waals surface area contributed by atoms with Crippen LogP contribution in [0.3, 0.4) is 0 Å². The summed E-state index contributed by atoms with van der Waals surface area (Å²) < 4.78 is 0. The van der Waals surface area contributed by atoms with E-state index in [1.165, 1.54) is 240 Å². The number of aryl methyl sites for hydroxylation is 12. The van der Waals surface area contributed by atoms with Crippen molar-refractivity contribution in [1.29, 1.82) is 42.1 Å². The molecule has 0 saturated heterocycles. The van der Waals surface area contributed by atoms with E-state index in [1.807, 2.05) is 48.5 Å². The normalized spacial score (nSPS) is 31.6. The van der Waals surface area contributed by atoms with E-state index < -0.39 is 0 Å². The number of rotatable bonds is 0. The molecule has 0 aromatic heterocycles. The summed E-state index contributed by atoms with van der Waals surface area (Å²) in [7, 11) is 0. The van der Waals surface area contributed by atoms with Crippen LogP contribution >= 0.6 is 0 Å². The average molecular weight is 1700 g/mol. The molecule has 24 rings (SSSR count). The second-order valence-electron chi connectivity index (χ2n) is 41.8. The molecule has 16 aliphatic rings. The number of benzene rings is 8. The zero-order valence-corrected chi connectivity index (χ0v) is 76.1. The lowest BCUT2D eigenvalue weighted by molar-refractivity contribution is 0.143. The van der Waals surface area contributed by atoms with Gasteiger partial charge in [0.25, 0.3) is 0 Å². The third-order valence-corrected chi connectivity index (χ3v) is 35.9. The van der Waals surface area contributed by atoms with Gasteiger partial charge in [0.2, 0.25) is 0 Å². The van der Waals surface area contributed by atoms with Gasteiger partial charge in [0.05, 0.1) is 95.9 Å². The summed E-state index contributed by atoms with van der Waals surface area (Å²) in [6.45, 7) is 8.62. The van der Waals surface area contributed by atoms with Crippen LogP contribution in [0, 0.1) is 166 Å². The van der Waals surface area contributed by atoms with Crippen molar-refractivity contribution in [3.05, 3.63) is 257 Å². The van der Waals surface area contributed by atoms with Crippen molar-refractivity contribution >= 4 is 0 Å². The van der Waals surface area contributed by atoms with Gasteiger partial charge in [-0.3, -0.25) is 0 Å². The van der Waals surface area contributed by atoms with Gasteiger partial charge in [-0.1, -0.05) is 119 Å². The van der Waals surface area contributed by atoms with Crippen molar-refractivity contribution in [3.63, 3.8) is 0 Å². The fourth-order valence-corrected chi connectivity index (χ4v) is 27.9. The number of phenols is 4. The first kappa shape index (κ1) is 88.9. The molecule has 0 amide bonds. The van der Waals surface area contributed by atoms with Crippen LogP contribution in [0.5, 0.6) is 23.0 Å². The minimum absolute atomic E-state index is 0.0705. The van der Waals surface area contributed by atoms with Crippen LogP contribution < -0.4 is 0 Å². The molecule has 16 aliphatic carbocycles. The van der Waals surface area contributed by atoms with Crippen LogP contribution in [0.4, 0.5) is 0 Å². The van der Waals surface area contributed by atoms with Crippen molar-refractivity contribution in [1.82, 2.24) is 0 Å². The Balaban J connectivity index is 0.000000103. The van der Waals surface area contributed by atoms with Crippen molar-refractivity contribution in [2.24, 2.45) is 47.3 Å². The molecule has 12 heteroatoms.